The van der Waals surface area contributed by atoms with Crippen LogP contribution in [-0.4, -0.2) is 26.2 Å². The first-order valence-corrected chi connectivity index (χ1v) is 3.45. The minimum atomic E-state index is -0.630. The van der Waals surface area contributed by atoms with Crippen LogP contribution in [0.3, 0.4) is 0 Å². The molecule has 0 unspecified atom stereocenters. The maximum absolute atomic E-state index is 10.2. The van der Waals surface area contributed by atoms with Gasteiger partial charge in [-0.25, -0.2) is 9.59 Å². The molecule has 0 saturated carbocycles. The molecule has 0 fully saturated rings. The fourth-order valence-electron chi connectivity index (χ4n) is 0.251. The van der Waals surface area contributed by atoms with Gasteiger partial charge in [0.15, 0.2) is 0 Å². The first kappa shape index (κ1) is 15.0. The summed E-state index contributed by atoms with van der Waals surface area (Å²) in [5, 5.41) is 2.96. The topological polar surface area (TPSA) is 101 Å². The minimum Gasteiger partial charge on any atom is -0.466 e. The number of terminal acetylenes is 1. The van der Waals surface area contributed by atoms with Crippen LogP contribution in [0.4, 0.5) is 0 Å². The van der Waals surface area contributed by atoms with Crippen LogP contribution in [0, 0.1) is 12.3 Å². The maximum atomic E-state index is 10.2. The summed E-state index contributed by atoms with van der Waals surface area (Å²) < 4.78 is 8.21. The third kappa shape index (κ3) is 14.4. The smallest absolute Gasteiger partial charge is 0.383 e. The molecule has 0 aliphatic carbocycles. The Labute approximate surface area is 86.3 Å². The Balaban J connectivity index is 0. The third-order valence-electron chi connectivity index (χ3n) is 0.833. The van der Waals surface area contributed by atoms with Crippen molar-refractivity contribution < 1.29 is 19.1 Å². The van der Waals surface area contributed by atoms with E-state index in [1.807, 2.05) is 0 Å². The van der Waals surface area contributed by atoms with Crippen LogP contribution in [0.15, 0.2) is 17.4 Å². The highest BCUT2D eigenvalue weighted by Gasteiger charge is 1.85. The second-order valence-electron chi connectivity index (χ2n) is 1.68. The predicted molar refractivity (Wildman–Crippen MR) is 51.2 cm³/mol. The van der Waals surface area contributed by atoms with E-state index in [1.54, 1.807) is 5.92 Å². The van der Waals surface area contributed by atoms with Gasteiger partial charge >= 0.3 is 11.9 Å². The van der Waals surface area contributed by atoms with Gasteiger partial charge in [0.25, 0.3) is 0 Å². The van der Waals surface area contributed by atoms with E-state index < -0.39 is 11.9 Å². The summed E-state index contributed by atoms with van der Waals surface area (Å²) in [6.45, 7) is 0. The largest absolute Gasteiger partial charge is 0.466 e. The average Bonchev–Trinajstić information content (AvgIpc) is 2.28. The average molecular weight is 211 g/mol. The second kappa shape index (κ2) is 11.6. The number of rotatable bonds is 2. The number of carbonyl (C=O) groups excluding carboxylic acids is 2. The fraction of sp³-hybridized carbons (Fsp3) is 0.250. The number of hydrogen-bond donors (Lipinski definition) is 0. The van der Waals surface area contributed by atoms with Gasteiger partial charge in [0.1, 0.15) is 0 Å². The summed E-state index contributed by atoms with van der Waals surface area (Å²) in [5.41, 5.74) is 7.71. The molecule has 80 valence electrons. The molecule has 0 aliphatic heterocycles. The van der Waals surface area contributed by atoms with Crippen molar-refractivity contribution in [3.63, 3.8) is 0 Å². The molecule has 0 amide bonds. The number of azide groups is 1. The molecule has 0 aromatic heterocycles. The van der Waals surface area contributed by atoms with Gasteiger partial charge in [0, 0.05) is 23.1 Å². The lowest BCUT2D eigenvalue weighted by molar-refractivity contribution is -0.135. The van der Waals surface area contributed by atoms with Crippen molar-refractivity contribution in [3.05, 3.63) is 22.7 Å². The van der Waals surface area contributed by atoms with Crippen molar-refractivity contribution in [2.45, 2.75) is 0 Å². The summed E-state index contributed by atoms with van der Waals surface area (Å²) in [5.74, 6) is 0.584. The molecule has 0 atom stereocenters. The van der Waals surface area contributed by atoms with E-state index in [-0.39, 0.29) is 0 Å². The lowest BCUT2D eigenvalue weighted by atomic mass is 10.6. The standard InChI is InChI=1S/C4H5N3O2.C4H4O2/c1-9-4(8)2-3-6-7-5;1-3-4(5)6-2/h2-3H,1H3;1H,2H3. The molecule has 0 aromatic rings. The number of carbonyl (C=O) groups is 2. The van der Waals surface area contributed by atoms with Crippen LogP contribution < -0.4 is 0 Å². The number of methoxy groups -OCH3 is 2. The Morgan fingerprint density at radius 2 is 2.07 bits per heavy atom. The van der Waals surface area contributed by atoms with Crippen LogP contribution in [-0.2, 0) is 19.1 Å². The van der Waals surface area contributed by atoms with Crippen molar-refractivity contribution >= 4 is 11.9 Å². The molecule has 0 radical (unpaired) electrons. The first-order chi connectivity index (χ1) is 7.12. The van der Waals surface area contributed by atoms with E-state index in [1.165, 1.54) is 14.2 Å². The highest BCUT2D eigenvalue weighted by molar-refractivity contribution is 5.87. The molecule has 0 saturated heterocycles. The number of ether oxygens (including phenoxy) is 2. The van der Waals surface area contributed by atoms with Gasteiger partial charge in [0.05, 0.1) is 14.2 Å². The lowest BCUT2D eigenvalue weighted by Crippen LogP contribution is -1.92. The molecule has 0 aliphatic rings. The SMILES string of the molecule is C#CC(=O)OC.COC(=O)C=CN=[N+]=[N-]. The Morgan fingerprint density at radius 1 is 1.47 bits per heavy atom. The zero-order chi connectivity index (χ0) is 12.1. The van der Waals surface area contributed by atoms with Gasteiger partial charge in [-0.05, 0) is 5.53 Å². The highest BCUT2D eigenvalue weighted by Crippen LogP contribution is 1.78. The molecule has 7 nitrogen and oxygen atoms in total. The van der Waals surface area contributed by atoms with E-state index in [2.05, 4.69) is 25.9 Å². The van der Waals surface area contributed by atoms with Gasteiger partial charge in [-0.1, -0.05) is 5.11 Å². The molecule has 0 N–H and O–H groups in total. The third-order valence-corrected chi connectivity index (χ3v) is 0.833. The highest BCUT2D eigenvalue weighted by atomic mass is 16.5. The van der Waals surface area contributed by atoms with Crippen molar-refractivity contribution in [3.8, 4) is 12.3 Å². The van der Waals surface area contributed by atoms with Gasteiger partial charge in [0.2, 0.25) is 0 Å². The van der Waals surface area contributed by atoms with Crippen molar-refractivity contribution in [1.82, 2.24) is 0 Å². The van der Waals surface area contributed by atoms with Crippen molar-refractivity contribution in [2.75, 3.05) is 14.2 Å². The van der Waals surface area contributed by atoms with Gasteiger partial charge in [-0.2, -0.15) is 0 Å². The molecular formula is C8H9N3O4. The van der Waals surface area contributed by atoms with E-state index in [9.17, 15) is 9.59 Å². The molecule has 15 heavy (non-hydrogen) atoms. The van der Waals surface area contributed by atoms with Crippen LogP contribution in [0.5, 0.6) is 0 Å². The zero-order valence-electron chi connectivity index (χ0n) is 8.21. The molecule has 0 bridgehead atoms. The van der Waals surface area contributed by atoms with E-state index in [4.69, 9.17) is 5.53 Å². The summed E-state index contributed by atoms with van der Waals surface area (Å²) in [7, 11) is 2.48. The van der Waals surface area contributed by atoms with Crippen LogP contribution >= 0.6 is 0 Å². The quantitative estimate of drug-likeness (QED) is 0.128. The number of nitrogens with zero attached hydrogens (tertiary/aromatic N) is 3. The lowest BCUT2D eigenvalue weighted by Gasteiger charge is -1.84. The summed E-state index contributed by atoms with van der Waals surface area (Å²) in [6, 6.07) is 0. The molecule has 7 heteroatoms. The van der Waals surface area contributed by atoms with Crippen molar-refractivity contribution in [1.29, 1.82) is 0 Å². The van der Waals surface area contributed by atoms with Crippen LogP contribution in [0.2, 0.25) is 0 Å². The summed E-state index contributed by atoms with van der Waals surface area (Å²) in [6.07, 6.45) is 6.61. The van der Waals surface area contributed by atoms with E-state index >= 15 is 0 Å². The Hall–Kier alpha value is -2.45. The Kier molecular flexibility index (Phi) is 11.6. The second-order valence-corrected chi connectivity index (χ2v) is 1.68. The van der Waals surface area contributed by atoms with E-state index in [0.717, 1.165) is 12.3 Å². The zero-order valence-corrected chi connectivity index (χ0v) is 8.21. The molecule has 0 aromatic carbocycles. The van der Waals surface area contributed by atoms with Crippen molar-refractivity contribution in [2.24, 2.45) is 5.11 Å². The molecule has 0 heterocycles. The van der Waals surface area contributed by atoms with Gasteiger partial charge in [-0.15, -0.1) is 6.42 Å². The first-order valence-electron chi connectivity index (χ1n) is 3.45. The molecular weight excluding hydrogens is 202 g/mol. The fourth-order valence-corrected chi connectivity index (χ4v) is 0.251. The van der Waals surface area contributed by atoms with Gasteiger partial charge < -0.3 is 9.47 Å². The van der Waals surface area contributed by atoms with E-state index in [0.29, 0.717) is 0 Å². The number of esters is 2. The molecule has 0 rings (SSSR count). The Morgan fingerprint density at radius 3 is 2.33 bits per heavy atom. The Bertz CT molecular complexity index is 323. The normalized spacial score (nSPS) is 7.53. The predicted octanol–water partition coefficient (Wildman–Crippen LogP) is 0.776. The molecule has 0 spiro atoms. The monoisotopic (exact) mass is 211 g/mol. The number of hydrogen-bond acceptors (Lipinski definition) is 5. The van der Waals surface area contributed by atoms with Gasteiger partial charge in [-0.3, -0.25) is 0 Å². The maximum Gasteiger partial charge on any atom is 0.383 e. The summed E-state index contributed by atoms with van der Waals surface area (Å²) in [4.78, 5) is 22.3. The minimum absolute atomic E-state index is 0.539. The van der Waals surface area contributed by atoms with Crippen LogP contribution in [0.1, 0.15) is 0 Å². The van der Waals surface area contributed by atoms with Crippen LogP contribution in [0.25, 0.3) is 10.4 Å². The summed E-state index contributed by atoms with van der Waals surface area (Å²) >= 11 is 0.